The van der Waals surface area contributed by atoms with Crippen molar-refractivity contribution in [3.05, 3.63) is 27.8 Å². The molecule has 2 fully saturated rings. The lowest BCUT2D eigenvalue weighted by Crippen LogP contribution is -2.31. The first kappa shape index (κ1) is 11.8. The molecule has 1 saturated carbocycles. The molecule has 1 saturated heterocycles. The lowest BCUT2D eigenvalue weighted by molar-refractivity contribution is 0.257. The minimum absolute atomic E-state index is 0.629. The molecule has 0 radical (unpaired) electrons. The van der Waals surface area contributed by atoms with E-state index in [9.17, 15) is 0 Å². The van der Waals surface area contributed by atoms with Gasteiger partial charge in [-0.3, -0.25) is 4.90 Å². The average molecular weight is 342 g/mol. The third-order valence-electron chi connectivity index (χ3n) is 3.83. The predicted octanol–water partition coefficient (Wildman–Crippen LogP) is 3.33. The Labute approximate surface area is 117 Å². The molecule has 1 aromatic carbocycles. The molecule has 2 atom stereocenters. The van der Waals surface area contributed by atoms with Gasteiger partial charge >= 0.3 is 0 Å². The lowest BCUT2D eigenvalue weighted by atomic mass is 10.2. The zero-order chi connectivity index (χ0) is 11.8. The number of nitrogens with zero attached hydrogens (tertiary/aromatic N) is 1. The van der Waals surface area contributed by atoms with E-state index < -0.39 is 0 Å². The number of anilines is 1. The van der Waals surface area contributed by atoms with Gasteiger partial charge in [-0.1, -0.05) is 6.07 Å². The maximum atomic E-state index is 3.68. The third-order valence-corrected chi connectivity index (χ3v) is 4.51. The molecular weight excluding hydrogens is 323 g/mol. The van der Waals surface area contributed by atoms with Crippen LogP contribution in [0.5, 0.6) is 0 Å². The number of hydrogen-bond donors (Lipinski definition) is 1. The first-order valence-electron chi connectivity index (χ1n) is 6.50. The highest BCUT2D eigenvalue weighted by molar-refractivity contribution is 14.1. The molecule has 1 N–H and O–H groups in total. The Kier molecular flexibility index (Phi) is 3.30. The Morgan fingerprint density at radius 1 is 1.35 bits per heavy atom. The van der Waals surface area contributed by atoms with Crippen LogP contribution in [0.1, 0.15) is 26.2 Å². The molecule has 0 amide bonds. The smallest absolute Gasteiger partial charge is 0.0403 e. The van der Waals surface area contributed by atoms with Crippen molar-refractivity contribution in [3.8, 4) is 0 Å². The van der Waals surface area contributed by atoms with E-state index >= 15 is 0 Å². The minimum atomic E-state index is 0.629. The molecule has 1 aliphatic carbocycles. The normalized spacial score (nSPS) is 29.5. The van der Waals surface area contributed by atoms with Crippen LogP contribution >= 0.6 is 22.6 Å². The van der Waals surface area contributed by atoms with Crippen molar-refractivity contribution in [2.45, 2.75) is 44.3 Å². The predicted molar refractivity (Wildman–Crippen MR) is 80.4 cm³/mol. The largest absolute Gasteiger partial charge is 0.381 e. The first-order chi connectivity index (χ1) is 8.22. The number of halogens is 1. The highest BCUT2D eigenvalue weighted by Gasteiger charge is 2.38. The molecule has 3 heteroatoms. The second-order valence-corrected chi connectivity index (χ2v) is 6.61. The summed E-state index contributed by atoms with van der Waals surface area (Å²) in [6.07, 6.45) is 4.11. The SMILES string of the molecule is CC1CC(Nc2cccc(I)c2)CN1C1CC1. The minimum Gasteiger partial charge on any atom is -0.381 e. The Bertz CT molecular complexity index is 403. The zero-order valence-electron chi connectivity index (χ0n) is 10.2. The monoisotopic (exact) mass is 342 g/mol. The zero-order valence-corrected chi connectivity index (χ0v) is 12.4. The molecule has 17 heavy (non-hydrogen) atoms. The topological polar surface area (TPSA) is 15.3 Å². The molecule has 2 unspecified atom stereocenters. The molecule has 1 aliphatic heterocycles. The summed E-state index contributed by atoms with van der Waals surface area (Å²) in [6, 6.07) is 10.9. The number of rotatable bonds is 3. The Hall–Kier alpha value is -0.290. The fraction of sp³-hybridized carbons (Fsp3) is 0.571. The van der Waals surface area contributed by atoms with Crippen LogP contribution in [0.25, 0.3) is 0 Å². The molecule has 0 bridgehead atoms. The fourth-order valence-corrected chi connectivity index (χ4v) is 3.43. The second-order valence-electron chi connectivity index (χ2n) is 5.36. The number of hydrogen-bond acceptors (Lipinski definition) is 2. The van der Waals surface area contributed by atoms with Gasteiger partial charge in [0.05, 0.1) is 0 Å². The molecule has 0 spiro atoms. The standard InChI is InChI=1S/C14H19IN2/c1-10-7-13(9-17(10)14-5-6-14)16-12-4-2-3-11(15)8-12/h2-4,8,10,13-14,16H,5-7,9H2,1H3. The van der Waals surface area contributed by atoms with E-state index in [1.165, 1.54) is 35.1 Å². The highest BCUT2D eigenvalue weighted by atomic mass is 127. The van der Waals surface area contributed by atoms with Crippen LogP contribution in [0.4, 0.5) is 5.69 Å². The van der Waals surface area contributed by atoms with E-state index in [2.05, 4.69) is 64.0 Å². The summed E-state index contributed by atoms with van der Waals surface area (Å²) < 4.78 is 1.30. The van der Waals surface area contributed by atoms with E-state index in [4.69, 9.17) is 0 Å². The maximum absolute atomic E-state index is 3.68. The van der Waals surface area contributed by atoms with Crippen LogP contribution in [-0.2, 0) is 0 Å². The van der Waals surface area contributed by atoms with Gasteiger partial charge in [0.2, 0.25) is 0 Å². The molecule has 1 heterocycles. The summed E-state index contributed by atoms with van der Waals surface area (Å²) in [4.78, 5) is 2.69. The van der Waals surface area contributed by atoms with Crippen LogP contribution in [0.15, 0.2) is 24.3 Å². The van der Waals surface area contributed by atoms with Crippen molar-refractivity contribution >= 4 is 28.3 Å². The number of benzene rings is 1. The Morgan fingerprint density at radius 2 is 2.18 bits per heavy atom. The fourth-order valence-electron chi connectivity index (χ4n) is 2.89. The van der Waals surface area contributed by atoms with Gasteiger partial charge in [-0.2, -0.15) is 0 Å². The number of nitrogens with one attached hydrogen (secondary N) is 1. The van der Waals surface area contributed by atoms with Crippen molar-refractivity contribution in [1.82, 2.24) is 4.90 Å². The summed E-state index contributed by atoms with van der Waals surface area (Å²) in [6.45, 7) is 3.59. The second kappa shape index (κ2) is 4.76. The molecule has 1 aromatic rings. The van der Waals surface area contributed by atoms with Crippen LogP contribution in [0.2, 0.25) is 0 Å². The van der Waals surface area contributed by atoms with E-state index in [1.54, 1.807) is 0 Å². The molecule has 2 aliphatic rings. The van der Waals surface area contributed by atoms with Gasteiger partial charge in [0, 0.05) is 33.9 Å². The van der Waals surface area contributed by atoms with Gasteiger partial charge in [-0.15, -0.1) is 0 Å². The van der Waals surface area contributed by atoms with E-state index in [0.717, 1.165) is 12.1 Å². The van der Waals surface area contributed by atoms with Gasteiger partial charge in [0.25, 0.3) is 0 Å². The summed E-state index contributed by atoms with van der Waals surface area (Å²) in [7, 11) is 0. The quantitative estimate of drug-likeness (QED) is 0.848. The third kappa shape index (κ3) is 2.76. The molecule has 92 valence electrons. The summed E-state index contributed by atoms with van der Waals surface area (Å²) >= 11 is 2.37. The lowest BCUT2D eigenvalue weighted by Gasteiger charge is -2.20. The first-order valence-corrected chi connectivity index (χ1v) is 7.58. The maximum Gasteiger partial charge on any atom is 0.0403 e. The van der Waals surface area contributed by atoms with Crippen molar-refractivity contribution in [1.29, 1.82) is 0 Å². The molecule has 3 rings (SSSR count). The van der Waals surface area contributed by atoms with E-state index in [-0.39, 0.29) is 0 Å². The van der Waals surface area contributed by atoms with Crippen molar-refractivity contribution < 1.29 is 0 Å². The van der Waals surface area contributed by atoms with Gasteiger partial charge in [0.1, 0.15) is 0 Å². The number of likely N-dealkylation sites (tertiary alicyclic amines) is 1. The summed E-state index contributed by atoms with van der Waals surface area (Å²) in [5, 5.41) is 3.68. The Balaban J connectivity index is 1.63. The van der Waals surface area contributed by atoms with Crippen molar-refractivity contribution in [3.63, 3.8) is 0 Å². The van der Waals surface area contributed by atoms with Crippen LogP contribution < -0.4 is 5.32 Å². The Morgan fingerprint density at radius 3 is 2.88 bits per heavy atom. The van der Waals surface area contributed by atoms with Crippen LogP contribution in [0, 0.1) is 3.57 Å². The van der Waals surface area contributed by atoms with Gasteiger partial charge in [-0.25, -0.2) is 0 Å². The van der Waals surface area contributed by atoms with E-state index in [1.807, 2.05) is 0 Å². The molecule has 0 aromatic heterocycles. The highest BCUT2D eigenvalue weighted by Crippen LogP contribution is 2.34. The summed E-state index contributed by atoms with van der Waals surface area (Å²) in [5.41, 5.74) is 1.27. The van der Waals surface area contributed by atoms with Gasteiger partial charge in [0.15, 0.2) is 0 Å². The van der Waals surface area contributed by atoms with Crippen LogP contribution in [-0.4, -0.2) is 29.6 Å². The molecule has 2 nitrogen and oxygen atoms in total. The summed E-state index contributed by atoms with van der Waals surface area (Å²) in [5.74, 6) is 0. The molecular formula is C14H19IN2. The van der Waals surface area contributed by atoms with E-state index in [0.29, 0.717) is 6.04 Å². The van der Waals surface area contributed by atoms with Crippen LogP contribution in [0.3, 0.4) is 0 Å². The van der Waals surface area contributed by atoms with Crippen molar-refractivity contribution in [2.24, 2.45) is 0 Å². The van der Waals surface area contributed by atoms with Crippen molar-refractivity contribution in [2.75, 3.05) is 11.9 Å². The average Bonchev–Trinajstić information content (AvgIpc) is 3.04. The van der Waals surface area contributed by atoms with Gasteiger partial charge < -0.3 is 5.32 Å². The van der Waals surface area contributed by atoms with Gasteiger partial charge in [-0.05, 0) is 67.0 Å².